The van der Waals surface area contributed by atoms with E-state index in [0.717, 1.165) is 24.2 Å². The minimum Gasteiger partial charge on any atom is -0.508 e. The van der Waals surface area contributed by atoms with E-state index in [1.54, 1.807) is 19.2 Å². The minimum absolute atomic E-state index is 0.0226. The maximum absolute atomic E-state index is 10.0. The van der Waals surface area contributed by atoms with Crippen LogP contribution in [0.1, 0.15) is 11.1 Å². The number of phenolic OH excluding ortho intramolecular Hbond substituents is 1. The molecule has 0 unspecified atom stereocenters. The quantitative estimate of drug-likeness (QED) is 0.232. The van der Waals surface area contributed by atoms with E-state index in [2.05, 4.69) is 6.07 Å². The van der Waals surface area contributed by atoms with Gasteiger partial charge in [-0.1, -0.05) is 12.1 Å². The zero-order valence-electron chi connectivity index (χ0n) is 21.2. The number of ether oxygens (including phenoxy) is 7. The van der Waals surface area contributed by atoms with Crippen LogP contribution in [-0.4, -0.2) is 96.6 Å². The molecule has 202 valence electrons. The van der Waals surface area contributed by atoms with Gasteiger partial charge in [-0.3, -0.25) is 0 Å². The molecule has 9 heteroatoms. The lowest BCUT2D eigenvalue weighted by atomic mass is 10.0. The first-order valence-electron chi connectivity index (χ1n) is 12.3. The van der Waals surface area contributed by atoms with E-state index in [-0.39, 0.29) is 12.4 Å². The van der Waals surface area contributed by atoms with Crippen molar-refractivity contribution in [3.05, 3.63) is 53.6 Å². The number of hydrogen-bond acceptors (Lipinski definition) is 9. The number of phenols is 1. The Kier molecular flexibility index (Phi) is 16.4. The lowest BCUT2D eigenvalue weighted by Gasteiger charge is -2.11. The SMILES string of the molecule is COc1cccc(CCc2cc(O)cc(OCCOCCOCCOCCOCCOCCO)c2)c1. The van der Waals surface area contributed by atoms with Crippen LogP contribution in [0.25, 0.3) is 0 Å². The maximum Gasteiger partial charge on any atom is 0.123 e. The van der Waals surface area contributed by atoms with E-state index in [0.29, 0.717) is 78.4 Å². The van der Waals surface area contributed by atoms with Crippen LogP contribution in [-0.2, 0) is 36.5 Å². The molecule has 9 nitrogen and oxygen atoms in total. The number of aryl methyl sites for hydroxylation is 2. The first kappa shape index (κ1) is 29.8. The normalized spacial score (nSPS) is 11.1. The Balaban J connectivity index is 1.46. The molecule has 0 bridgehead atoms. The molecule has 0 saturated carbocycles. The number of benzene rings is 2. The van der Waals surface area contributed by atoms with E-state index in [9.17, 15) is 5.11 Å². The van der Waals surface area contributed by atoms with E-state index in [1.165, 1.54) is 5.56 Å². The first-order chi connectivity index (χ1) is 17.7. The zero-order valence-corrected chi connectivity index (χ0v) is 21.2. The van der Waals surface area contributed by atoms with Gasteiger partial charge >= 0.3 is 0 Å². The van der Waals surface area contributed by atoms with Crippen LogP contribution in [0.2, 0.25) is 0 Å². The summed E-state index contributed by atoms with van der Waals surface area (Å²) >= 11 is 0. The molecule has 0 aliphatic carbocycles. The third-order valence-electron chi connectivity index (χ3n) is 5.01. The van der Waals surface area contributed by atoms with Gasteiger partial charge in [-0.15, -0.1) is 0 Å². The molecule has 0 amide bonds. The van der Waals surface area contributed by atoms with Crippen molar-refractivity contribution < 1.29 is 43.4 Å². The highest BCUT2D eigenvalue weighted by atomic mass is 16.6. The van der Waals surface area contributed by atoms with Crippen molar-refractivity contribution in [3.63, 3.8) is 0 Å². The summed E-state index contributed by atoms with van der Waals surface area (Å²) in [5.41, 5.74) is 2.18. The van der Waals surface area contributed by atoms with E-state index in [4.69, 9.17) is 38.3 Å². The third-order valence-corrected chi connectivity index (χ3v) is 5.01. The van der Waals surface area contributed by atoms with Crippen molar-refractivity contribution in [3.8, 4) is 17.2 Å². The number of rotatable bonds is 22. The fourth-order valence-electron chi connectivity index (χ4n) is 3.25. The van der Waals surface area contributed by atoms with E-state index in [1.807, 2.05) is 24.3 Å². The van der Waals surface area contributed by atoms with Gasteiger partial charge in [0.15, 0.2) is 0 Å². The summed E-state index contributed by atoms with van der Waals surface area (Å²) in [7, 11) is 1.66. The third kappa shape index (κ3) is 14.2. The molecular formula is C27H40O9. The summed E-state index contributed by atoms with van der Waals surface area (Å²) in [6.07, 6.45) is 1.62. The summed E-state index contributed by atoms with van der Waals surface area (Å²) in [6.45, 7) is 5.02. The van der Waals surface area contributed by atoms with Crippen LogP contribution in [0.3, 0.4) is 0 Å². The highest BCUT2D eigenvalue weighted by Crippen LogP contribution is 2.23. The number of aliphatic hydroxyl groups excluding tert-OH is 1. The van der Waals surface area contributed by atoms with Crippen LogP contribution in [0.4, 0.5) is 0 Å². The second kappa shape index (κ2) is 19.7. The van der Waals surface area contributed by atoms with Crippen molar-refractivity contribution in [1.29, 1.82) is 0 Å². The molecule has 0 radical (unpaired) electrons. The second-order valence-corrected chi connectivity index (χ2v) is 7.82. The molecule has 0 aliphatic rings. The molecule has 0 aliphatic heterocycles. The number of aliphatic hydroxyl groups is 1. The van der Waals surface area contributed by atoms with Gasteiger partial charge in [0.2, 0.25) is 0 Å². The van der Waals surface area contributed by atoms with Gasteiger partial charge in [0.05, 0.1) is 79.8 Å². The average Bonchev–Trinajstić information content (AvgIpc) is 2.89. The Morgan fingerprint density at radius 1 is 0.583 bits per heavy atom. The minimum atomic E-state index is 0.0226. The summed E-state index contributed by atoms with van der Waals surface area (Å²) in [6, 6.07) is 13.3. The Morgan fingerprint density at radius 2 is 1.11 bits per heavy atom. The lowest BCUT2D eigenvalue weighted by molar-refractivity contribution is -0.0146. The maximum atomic E-state index is 10.0. The molecule has 0 heterocycles. The topological polar surface area (TPSA) is 105 Å². The highest BCUT2D eigenvalue weighted by molar-refractivity contribution is 5.38. The predicted octanol–water partition coefficient (Wildman–Crippen LogP) is 2.64. The Labute approximate surface area is 213 Å². The number of aromatic hydroxyl groups is 1. The fourth-order valence-corrected chi connectivity index (χ4v) is 3.25. The molecule has 0 spiro atoms. The number of methoxy groups -OCH3 is 1. The van der Waals surface area contributed by atoms with Crippen molar-refractivity contribution in [2.75, 3.05) is 86.4 Å². The molecule has 2 aromatic rings. The monoisotopic (exact) mass is 508 g/mol. The zero-order chi connectivity index (χ0) is 25.7. The second-order valence-electron chi connectivity index (χ2n) is 7.82. The summed E-state index contributed by atoms with van der Waals surface area (Å²) in [5, 5.41) is 18.6. The smallest absolute Gasteiger partial charge is 0.123 e. The van der Waals surface area contributed by atoms with Gasteiger partial charge < -0.3 is 43.4 Å². The average molecular weight is 509 g/mol. The molecule has 36 heavy (non-hydrogen) atoms. The molecule has 0 atom stereocenters. The lowest BCUT2D eigenvalue weighted by Crippen LogP contribution is -2.14. The highest BCUT2D eigenvalue weighted by Gasteiger charge is 2.04. The van der Waals surface area contributed by atoms with Crippen LogP contribution in [0.5, 0.6) is 17.2 Å². The summed E-state index contributed by atoms with van der Waals surface area (Å²) in [5.74, 6) is 1.64. The Bertz CT molecular complexity index is 816. The molecule has 2 N–H and O–H groups in total. The molecule has 0 saturated heterocycles. The Hall–Kier alpha value is -2.40. The van der Waals surface area contributed by atoms with Crippen LogP contribution in [0, 0.1) is 0 Å². The standard InChI is InChI=1S/C27H40O9/c1-30-26-4-2-3-23(20-26)5-6-24-19-25(29)22-27(21-24)36-18-17-35-16-15-34-14-13-33-12-11-32-10-9-31-8-7-28/h2-4,19-22,28-29H,5-18H2,1H3. The van der Waals surface area contributed by atoms with Gasteiger partial charge in [0.25, 0.3) is 0 Å². The molecule has 0 aromatic heterocycles. The van der Waals surface area contributed by atoms with Gasteiger partial charge in [-0.05, 0) is 48.2 Å². The van der Waals surface area contributed by atoms with Crippen molar-refractivity contribution in [2.45, 2.75) is 12.8 Å². The van der Waals surface area contributed by atoms with Gasteiger partial charge in [-0.25, -0.2) is 0 Å². The predicted molar refractivity (Wildman–Crippen MR) is 135 cm³/mol. The molecule has 2 aromatic carbocycles. The summed E-state index contributed by atoms with van der Waals surface area (Å²) in [4.78, 5) is 0. The van der Waals surface area contributed by atoms with Crippen molar-refractivity contribution in [1.82, 2.24) is 0 Å². The van der Waals surface area contributed by atoms with Crippen molar-refractivity contribution in [2.24, 2.45) is 0 Å². The number of hydrogen-bond donors (Lipinski definition) is 2. The first-order valence-corrected chi connectivity index (χ1v) is 12.3. The largest absolute Gasteiger partial charge is 0.508 e. The van der Waals surface area contributed by atoms with Crippen LogP contribution >= 0.6 is 0 Å². The van der Waals surface area contributed by atoms with E-state index >= 15 is 0 Å². The van der Waals surface area contributed by atoms with Crippen molar-refractivity contribution >= 4 is 0 Å². The van der Waals surface area contributed by atoms with Crippen LogP contribution in [0.15, 0.2) is 42.5 Å². The fraction of sp³-hybridized carbons (Fsp3) is 0.556. The van der Waals surface area contributed by atoms with E-state index < -0.39 is 0 Å². The van der Waals surface area contributed by atoms with Gasteiger partial charge in [0, 0.05) is 6.07 Å². The van der Waals surface area contributed by atoms with Gasteiger partial charge in [-0.2, -0.15) is 0 Å². The summed E-state index contributed by atoms with van der Waals surface area (Å²) < 4.78 is 37.8. The van der Waals surface area contributed by atoms with Gasteiger partial charge in [0.1, 0.15) is 23.9 Å². The van der Waals surface area contributed by atoms with Crippen LogP contribution < -0.4 is 9.47 Å². The molecule has 2 rings (SSSR count). The molecular weight excluding hydrogens is 468 g/mol. The molecule has 0 fully saturated rings. The Morgan fingerprint density at radius 3 is 1.69 bits per heavy atom.